The molecule has 0 aliphatic heterocycles. The number of nitrogens with zero attached hydrogens (tertiary/aromatic N) is 3. The largest absolute Gasteiger partial charge is 0.494 e. The molecule has 144 valence electrons. The molecule has 0 saturated heterocycles. The summed E-state index contributed by atoms with van der Waals surface area (Å²) in [5.74, 6) is 1.09. The predicted molar refractivity (Wildman–Crippen MR) is 111 cm³/mol. The van der Waals surface area contributed by atoms with Crippen molar-refractivity contribution in [3.8, 4) is 17.3 Å². The standard InChI is InChI=1S/C21H16N4O3S/c26-21-16-9-15(28-6-1-2-14-11-27-12-23-14)3-4-17(16)24-20(25-21)18-8-13-5-7-29-19(13)10-22-18/h3-5,7-12H,1-2,6H2,(H,24,25,26). The molecule has 0 radical (unpaired) electrons. The van der Waals surface area contributed by atoms with Gasteiger partial charge < -0.3 is 14.1 Å². The zero-order valence-electron chi connectivity index (χ0n) is 15.3. The van der Waals surface area contributed by atoms with E-state index < -0.39 is 0 Å². The number of hydrogen-bond acceptors (Lipinski definition) is 7. The first-order valence-corrected chi connectivity index (χ1v) is 10.0. The van der Waals surface area contributed by atoms with Crippen molar-refractivity contribution in [3.63, 3.8) is 0 Å². The van der Waals surface area contributed by atoms with Crippen molar-refractivity contribution in [1.29, 1.82) is 0 Å². The molecular weight excluding hydrogens is 388 g/mol. The third-order valence-electron chi connectivity index (χ3n) is 4.59. The molecule has 4 heterocycles. The fourth-order valence-corrected chi connectivity index (χ4v) is 3.87. The van der Waals surface area contributed by atoms with Gasteiger partial charge in [-0.05, 0) is 53.9 Å². The van der Waals surface area contributed by atoms with Crippen LogP contribution in [0.2, 0.25) is 0 Å². The number of ether oxygens (including phenoxy) is 1. The molecule has 1 N–H and O–H groups in total. The van der Waals surface area contributed by atoms with E-state index in [9.17, 15) is 4.79 Å². The number of aromatic nitrogens is 4. The van der Waals surface area contributed by atoms with Crippen molar-refractivity contribution in [2.75, 3.05) is 6.61 Å². The van der Waals surface area contributed by atoms with E-state index in [0.717, 1.165) is 28.6 Å². The van der Waals surface area contributed by atoms with Gasteiger partial charge in [0.2, 0.25) is 0 Å². The first-order chi connectivity index (χ1) is 14.3. The first-order valence-electron chi connectivity index (χ1n) is 9.14. The number of hydrogen-bond donors (Lipinski definition) is 1. The molecule has 8 heteroatoms. The Bertz CT molecular complexity index is 1340. The van der Waals surface area contributed by atoms with Gasteiger partial charge >= 0.3 is 0 Å². The second-order valence-electron chi connectivity index (χ2n) is 6.55. The molecule has 29 heavy (non-hydrogen) atoms. The van der Waals surface area contributed by atoms with E-state index >= 15 is 0 Å². The van der Waals surface area contributed by atoms with Crippen LogP contribution >= 0.6 is 11.3 Å². The number of oxazole rings is 1. The van der Waals surface area contributed by atoms with Gasteiger partial charge in [0.05, 0.1) is 27.9 Å². The van der Waals surface area contributed by atoms with Crippen LogP contribution < -0.4 is 10.3 Å². The zero-order chi connectivity index (χ0) is 19.6. The van der Waals surface area contributed by atoms with E-state index in [1.165, 1.54) is 6.39 Å². The number of nitrogens with one attached hydrogen (secondary N) is 1. The monoisotopic (exact) mass is 404 g/mol. The van der Waals surface area contributed by atoms with Gasteiger partial charge in [-0.1, -0.05) is 0 Å². The van der Waals surface area contributed by atoms with Crippen LogP contribution in [0.5, 0.6) is 5.75 Å². The average Bonchev–Trinajstić information content (AvgIpc) is 3.42. The molecule has 0 aliphatic carbocycles. The molecule has 7 nitrogen and oxygen atoms in total. The van der Waals surface area contributed by atoms with Crippen LogP contribution in [-0.2, 0) is 6.42 Å². The van der Waals surface area contributed by atoms with E-state index in [1.807, 2.05) is 23.6 Å². The minimum Gasteiger partial charge on any atom is -0.494 e. The lowest BCUT2D eigenvalue weighted by molar-refractivity contribution is 0.311. The molecule has 0 saturated carbocycles. The Hall–Kier alpha value is -3.52. The second-order valence-corrected chi connectivity index (χ2v) is 7.50. The van der Waals surface area contributed by atoms with E-state index in [0.29, 0.717) is 34.8 Å². The number of aromatic amines is 1. The molecular formula is C21H16N4O3S. The van der Waals surface area contributed by atoms with Crippen molar-refractivity contribution in [3.05, 3.63) is 70.6 Å². The van der Waals surface area contributed by atoms with Crippen LogP contribution in [-0.4, -0.2) is 26.5 Å². The lowest BCUT2D eigenvalue weighted by Crippen LogP contribution is -2.10. The molecule has 5 aromatic rings. The minimum atomic E-state index is -0.217. The smallest absolute Gasteiger partial charge is 0.259 e. The molecule has 0 unspecified atom stereocenters. The predicted octanol–water partition coefficient (Wildman–Crippen LogP) is 4.20. The molecule has 1 aromatic carbocycles. The van der Waals surface area contributed by atoms with Gasteiger partial charge in [0.25, 0.3) is 5.56 Å². The molecule has 0 amide bonds. The van der Waals surface area contributed by atoms with Crippen LogP contribution in [0.3, 0.4) is 0 Å². The number of H-pyrrole nitrogens is 1. The summed E-state index contributed by atoms with van der Waals surface area (Å²) in [6.07, 6.45) is 6.42. The maximum Gasteiger partial charge on any atom is 0.259 e. The Morgan fingerprint density at radius 1 is 1.17 bits per heavy atom. The van der Waals surface area contributed by atoms with Crippen molar-refractivity contribution in [2.24, 2.45) is 0 Å². The molecule has 0 bridgehead atoms. The molecule has 0 fully saturated rings. The SMILES string of the molecule is O=c1[nH]c(-c2cc3ccsc3cn2)nc2ccc(OCCCc3cocn3)cc12. The van der Waals surface area contributed by atoms with E-state index in [4.69, 9.17) is 9.15 Å². The molecule has 0 spiro atoms. The highest BCUT2D eigenvalue weighted by molar-refractivity contribution is 7.17. The van der Waals surface area contributed by atoms with Crippen LogP contribution in [0.15, 0.2) is 63.8 Å². The van der Waals surface area contributed by atoms with E-state index in [1.54, 1.807) is 35.9 Å². The number of rotatable bonds is 6. The Morgan fingerprint density at radius 3 is 3.03 bits per heavy atom. The van der Waals surface area contributed by atoms with E-state index in [2.05, 4.69) is 19.9 Å². The maximum atomic E-state index is 12.6. The number of fused-ring (bicyclic) bond motifs is 2. The fourth-order valence-electron chi connectivity index (χ4n) is 3.13. The van der Waals surface area contributed by atoms with Crippen LogP contribution in [0.4, 0.5) is 0 Å². The summed E-state index contributed by atoms with van der Waals surface area (Å²) < 4.78 is 11.8. The molecule has 5 rings (SSSR count). The Labute approximate surface area is 169 Å². The molecule has 4 aromatic heterocycles. The van der Waals surface area contributed by atoms with Crippen molar-refractivity contribution >= 4 is 32.3 Å². The highest BCUT2D eigenvalue weighted by atomic mass is 32.1. The summed E-state index contributed by atoms with van der Waals surface area (Å²) in [4.78, 5) is 28.6. The lowest BCUT2D eigenvalue weighted by atomic mass is 10.2. The number of benzene rings is 1. The van der Waals surface area contributed by atoms with Gasteiger partial charge in [0.1, 0.15) is 17.7 Å². The average molecular weight is 404 g/mol. The van der Waals surface area contributed by atoms with Crippen LogP contribution in [0.1, 0.15) is 12.1 Å². The Morgan fingerprint density at radius 2 is 2.14 bits per heavy atom. The van der Waals surface area contributed by atoms with Gasteiger partial charge in [0, 0.05) is 6.20 Å². The van der Waals surface area contributed by atoms with E-state index in [-0.39, 0.29) is 5.56 Å². The summed E-state index contributed by atoms with van der Waals surface area (Å²) in [5.41, 5.74) is 1.92. The van der Waals surface area contributed by atoms with Crippen molar-refractivity contribution in [1.82, 2.24) is 19.9 Å². The topological polar surface area (TPSA) is 93.9 Å². The summed E-state index contributed by atoms with van der Waals surface area (Å²) in [6.45, 7) is 0.520. The molecule has 0 aliphatic rings. The summed E-state index contributed by atoms with van der Waals surface area (Å²) in [5, 5.41) is 3.58. The minimum absolute atomic E-state index is 0.217. The van der Waals surface area contributed by atoms with Crippen molar-refractivity contribution in [2.45, 2.75) is 12.8 Å². The zero-order valence-corrected chi connectivity index (χ0v) is 16.1. The maximum absolute atomic E-state index is 12.6. The van der Waals surface area contributed by atoms with Crippen LogP contribution in [0.25, 0.3) is 32.5 Å². The van der Waals surface area contributed by atoms with Gasteiger partial charge in [-0.3, -0.25) is 9.78 Å². The summed E-state index contributed by atoms with van der Waals surface area (Å²) in [7, 11) is 0. The normalized spacial score (nSPS) is 11.3. The van der Waals surface area contributed by atoms with Crippen molar-refractivity contribution < 1.29 is 9.15 Å². The Kier molecular flexibility index (Phi) is 4.53. The third-order valence-corrected chi connectivity index (χ3v) is 5.46. The summed E-state index contributed by atoms with van der Waals surface area (Å²) >= 11 is 1.63. The van der Waals surface area contributed by atoms with Gasteiger partial charge in [0.15, 0.2) is 12.2 Å². The number of aryl methyl sites for hydroxylation is 1. The first kappa shape index (κ1) is 17.6. The highest BCUT2D eigenvalue weighted by Gasteiger charge is 2.10. The summed E-state index contributed by atoms with van der Waals surface area (Å²) in [6, 6.07) is 9.30. The highest BCUT2D eigenvalue weighted by Crippen LogP contribution is 2.24. The third kappa shape index (κ3) is 3.62. The second kappa shape index (κ2) is 7.48. The lowest BCUT2D eigenvalue weighted by Gasteiger charge is -2.07. The van der Waals surface area contributed by atoms with Gasteiger partial charge in [-0.15, -0.1) is 11.3 Å². The quantitative estimate of drug-likeness (QED) is 0.426. The number of pyridine rings is 1. The van der Waals surface area contributed by atoms with Crippen LogP contribution in [0, 0.1) is 0 Å². The van der Waals surface area contributed by atoms with Gasteiger partial charge in [-0.25, -0.2) is 9.97 Å². The van der Waals surface area contributed by atoms with Gasteiger partial charge in [-0.2, -0.15) is 0 Å². The Balaban J connectivity index is 1.36. The number of thiophene rings is 1. The fraction of sp³-hybridized carbons (Fsp3) is 0.143. The molecule has 0 atom stereocenters.